The Bertz CT molecular complexity index is 1950. The van der Waals surface area contributed by atoms with Crippen LogP contribution in [0.4, 0.5) is 11.4 Å². The molecule has 8 rings (SSSR count). The van der Waals surface area contributed by atoms with E-state index in [1.807, 2.05) is 0 Å². The molecule has 208 valence electrons. The van der Waals surface area contributed by atoms with Gasteiger partial charge in [-0.3, -0.25) is 0 Å². The number of hydrogen-bond donors (Lipinski definition) is 1. The number of hydrogen-bond acceptors (Lipinski definition) is 2. The topological polar surface area (TPSA) is 21.3 Å². The molecule has 0 saturated heterocycles. The smallest absolute Gasteiger partial charge is 0.132 e. The minimum Gasteiger partial charge on any atom is -0.457 e. The first-order chi connectivity index (χ1) is 20.9. The maximum absolute atomic E-state index is 6.46. The van der Waals surface area contributed by atoms with Crippen LogP contribution in [0.2, 0.25) is 0 Å². The van der Waals surface area contributed by atoms with Gasteiger partial charge in [-0.05, 0) is 86.8 Å². The highest BCUT2D eigenvalue weighted by Crippen LogP contribution is 2.62. The molecule has 0 atom stereocenters. The first-order valence-electron chi connectivity index (χ1n) is 15.0. The predicted molar refractivity (Wildman–Crippen MR) is 178 cm³/mol. The van der Waals surface area contributed by atoms with Gasteiger partial charge in [0.15, 0.2) is 0 Å². The maximum atomic E-state index is 6.46. The van der Waals surface area contributed by atoms with Gasteiger partial charge in [0, 0.05) is 22.5 Å². The van der Waals surface area contributed by atoms with E-state index in [1.54, 1.807) is 0 Å². The van der Waals surface area contributed by atoms with Gasteiger partial charge in [-0.15, -0.1) is 0 Å². The van der Waals surface area contributed by atoms with Crippen molar-refractivity contribution in [3.8, 4) is 33.8 Å². The van der Waals surface area contributed by atoms with Crippen LogP contribution in [0.1, 0.15) is 48.6 Å². The molecule has 1 heterocycles. The predicted octanol–water partition coefficient (Wildman–Crippen LogP) is 10.9. The molecule has 1 spiro atoms. The third-order valence-electron chi connectivity index (χ3n) is 9.10. The first kappa shape index (κ1) is 25.6. The molecule has 2 nitrogen and oxygen atoms in total. The molecule has 0 unspecified atom stereocenters. The van der Waals surface area contributed by atoms with Crippen LogP contribution in [-0.2, 0) is 10.8 Å². The lowest BCUT2D eigenvalue weighted by Gasteiger charge is -2.39. The van der Waals surface area contributed by atoms with E-state index in [0.29, 0.717) is 0 Å². The average molecular weight is 556 g/mol. The number of ether oxygens (including phenoxy) is 1. The van der Waals surface area contributed by atoms with Gasteiger partial charge >= 0.3 is 0 Å². The van der Waals surface area contributed by atoms with Crippen molar-refractivity contribution < 1.29 is 4.74 Å². The van der Waals surface area contributed by atoms with Gasteiger partial charge < -0.3 is 10.1 Å². The minimum absolute atomic E-state index is 0.147. The summed E-state index contributed by atoms with van der Waals surface area (Å²) in [5.74, 6) is 1.84. The molecular weight excluding hydrogens is 522 g/mol. The molecule has 2 heteroatoms. The van der Waals surface area contributed by atoms with Crippen molar-refractivity contribution >= 4 is 11.4 Å². The molecule has 1 aliphatic heterocycles. The van der Waals surface area contributed by atoms with Gasteiger partial charge in [-0.25, -0.2) is 0 Å². The molecule has 0 saturated carbocycles. The summed E-state index contributed by atoms with van der Waals surface area (Å²) in [6.45, 7) is 6.73. The molecule has 0 aromatic heterocycles. The Balaban J connectivity index is 1.20. The van der Waals surface area contributed by atoms with Gasteiger partial charge in [0.05, 0.1) is 5.41 Å². The molecular formula is C41H33NO. The third kappa shape index (κ3) is 3.94. The van der Waals surface area contributed by atoms with Crippen LogP contribution < -0.4 is 10.1 Å². The Hall–Kier alpha value is -5.08. The van der Waals surface area contributed by atoms with Crippen molar-refractivity contribution in [3.05, 3.63) is 167 Å². The standard InChI is InChI=1S/C41H33NO/c1-40(2,3)29-19-23-31(24-20-29)42-30-21-16-27(17-22-30)28-18-25-35-33(26-28)32-10-4-5-11-34(32)41(35)36-12-6-8-14-38(36)43-39-15-9-7-13-37(39)41/h4-26,42H,1-3H3. The van der Waals surface area contributed by atoms with E-state index in [4.69, 9.17) is 4.74 Å². The summed E-state index contributed by atoms with van der Waals surface area (Å²) in [5, 5.41) is 3.56. The summed E-state index contributed by atoms with van der Waals surface area (Å²) in [5.41, 5.74) is 13.2. The highest BCUT2D eigenvalue weighted by atomic mass is 16.5. The largest absolute Gasteiger partial charge is 0.457 e. The second kappa shape index (κ2) is 9.47. The zero-order valence-electron chi connectivity index (χ0n) is 24.7. The molecule has 0 fully saturated rings. The summed E-state index contributed by atoms with van der Waals surface area (Å²) in [4.78, 5) is 0. The van der Waals surface area contributed by atoms with E-state index in [2.05, 4.69) is 166 Å². The van der Waals surface area contributed by atoms with Crippen LogP contribution in [0.15, 0.2) is 140 Å². The van der Waals surface area contributed by atoms with Crippen LogP contribution in [0.5, 0.6) is 11.5 Å². The highest BCUT2D eigenvalue weighted by Gasteiger charge is 2.50. The number of rotatable bonds is 3. The Labute approximate surface area is 253 Å². The Morgan fingerprint density at radius 1 is 0.488 bits per heavy atom. The Morgan fingerprint density at radius 2 is 1.00 bits per heavy atom. The third-order valence-corrected chi connectivity index (χ3v) is 9.10. The molecule has 6 aromatic carbocycles. The minimum atomic E-state index is -0.424. The molecule has 0 amide bonds. The molecule has 1 aliphatic carbocycles. The Morgan fingerprint density at radius 3 is 1.63 bits per heavy atom. The van der Waals surface area contributed by atoms with Crippen LogP contribution in [0.25, 0.3) is 22.3 Å². The molecule has 2 aliphatic rings. The zero-order chi connectivity index (χ0) is 29.2. The van der Waals surface area contributed by atoms with Crippen LogP contribution in [0.3, 0.4) is 0 Å². The Kier molecular flexibility index (Phi) is 5.64. The fourth-order valence-corrected chi connectivity index (χ4v) is 7.00. The van der Waals surface area contributed by atoms with Gasteiger partial charge in [-0.1, -0.05) is 118 Å². The van der Waals surface area contributed by atoms with Crippen molar-refractivity contribution in [2.24, 2.45) is 0 Å². The number of benzene rings is 6. The quantitative estimate of drug-likeness (QED) is 0.234. The highest BCUT2D eigenvalue weighted by molar-refractivity contribution is 5.90. The second-order valence-corrected chi connectivity index (χ2v) is 12.7. The SMILES string of the molecule is CC(C)(C)c1ccc(Nc2ccc(-c3ccc4c(c3)-c3ccccc3C43c4ccccc4Oc4ccccc43)cc2)cc1. The lowest BCUT2D eigenvalue weighted by atomic mass is 9.66. The summed E-state index contributed by atoms with van der Waals surface area (Å²) < 4.78 is 6.46. The fourth-order valence-electron chi connectivity index (χ4n) is 7.00. The number of nitrogens with one attached hydrogen (secondary N) is 1. The van der Waals surface area contributed by atoms with Crippen LogP contribution >= 0.6 is 0 Å². The summed E-state index contributed by atoms with van der Waals surface area (Å²) in [6.07, 6.45) is 0. The van der Waals surface area contributed by atoms with E-state index in [-0.39, 0.29) is 5.41 Å². The van der Waals surface area contributed by atoms with E-state index in [0.717, 1.165) is 22.9 Å². The fraction of sp³-hybridized carbons (Fsp3) is 0.122. The van der Waals surface area contributed by atoms with Gasteiger partial charge in [-0.2, -0.15) is 0 Å². The lowest BCUT2D eigenvalue weighted by Crippen LogP contribution is -2.32. The van der Waals surface area contributed by atoms with E-state index in [1.165, 1.54) is 50.1 Å². The van der Waals surface area contributed by atoms with Crippen molar-refractivity contribution in [2.75, 3.05) is 5.32 Å². The van der Waals surface area contributed by atoms with Crippen molar-refractivity contribution in [3.63, 3.8) is 0 Å². The van der Waals surface area contributed by atoms with E-state index >= 15 is 0 Å². The molecule has 0 bridgehead atoms. The van der Waals surface area contributed by atoms with Gasteiger partial charge in [0.2, 0.25) is 0 Å². The lowest BCUT2D eigenvalue weighted by molar-refractivity contribution is 0.436. The second-order valence-electron chi connectivity index (χ2n) is 12.7. The van der Waals surface area contributed by atoms with Crippen molar-refractivity contribution in [1.29, 1.82) is 0 Å². The average Bonchev–Trinajstić information content (AvgIpc) is 3.32. The van der Waals surface area contributed by atoms with E-state index in [9.17, 15) is 0 Å². The van der Waals surface area contributed by atoms with Crippen LogP contribution in [-0.4, -0.2) is 0 Å². The van der Waals surface area contributed by atoms with E-state index < -0.39 is 5.41 Å². The summed E-state index contributed by atoms with van der Waals surface area (Å²) in [7, 11) is 0. The van der Waals surface area contributed by atoms with Gasteiger partial charge in [0.25, 0.3) is 0 Å². The van der Waals surface area contributed by atoms with Crippen molar-refractivity contribution in [1.82, 2.24) is 0 Å². The molecule has 1 N–H and O–H groups in total. The molecule has 0 radical (unpaired) electrons. The monoisotopic (exact) mass is 555 g/mol. The number of para-hydroxylation sites is 2. The number of fused-ring (bicyclic) bond motifs is 9. The summed E-state index contributed by atoms with van der Waals surface area (Å²) >= 11 is 0. The normalized spacial score (nSPS) is 13.8. The summed E-state index contributed by atoms with van der Waals surface area (Å²) in [6, 6.07) is 50.4. The molecule has 6 aromatic rings. The van der Waals surface area contributed by atoms with Crippen molar-refractivity contribution in [2.45, 2.75) is 31.6 Å². The zero-order valence-corrected chi connectivity index (χ0v) is 24.7. The maximum Gasteiger partial charge on any atom is 0.132 e. The first-order valence-corrected chi connectivity index (χ1v) is 15.0. The van der Waals surface area contributed by atoms with Gasteiger partial charge in [0.1, 0.15) is 11.5 Å². The van der Waals surface area contributed by atoms with Crippen LogP contribution in [0, 0.1) is 0 Å². The molecule has 43 heavy (non-hydrogen) atoms. The number of anilines is 2.